The Kier molecular flexibility index (Phi) is 7.15. The molecule has 1 aromatic heterocycles. The molecule has 3 aromatic carbocycles. The molecule has 0 unspecified atom stereocenters. The van der Waals surface area contributed by atoms with Gasteiger partial charge in [0.25, 0.3) is 5.91 Å². The topological polar surface area (TPSA) is 81.0 Å². The minimum atomic E-state index is -0.846. The molecule has 4 aromatic rings. The molecule has 9 heteroatoms. The quantitative estimate of drug-likeness (QED) is 0.360. The monoisotopic (exact) mass is 508 g/mol. The van der Waals surface area contributed by atoms with Gasteiger partial charge in [-0.2, -0.15) is 0 Å². The van der Waals surface area contributed by atoms with E-state index in [0.29, 0.717) is 28.8 Å². The van der Waals surface area contributed by atoms with Gasteiger partial charge in [-0.3, -0.25) is 9.59 Å². The van der Waals surface area contributed by atoms with Gasteiger partial charge < -0.3 is 24.0 Å². The van der Waals surface area contributed by atoms with E-state index in [-0.39, 0.29) is 35.0 Å². The summed E-state index contributed by atoms with van der Waals surface area (Å²) >= 11 is 0. The van der Waals surface area contributed by atoms with Gasteiger partial charge in [-0.05, 0) is 45.0 Å². The molecule has 37 heavy (non-hydrogen) atoms. The third kappa shape index (κ3) is 5.25. The van der Waals surface area contributed by atoms with Crippen molar-refractivity contribution >= 4 is 22.5 Å². The van der Waals surface area contributed by atoms with Crippen molar-refractivity contribution in [1.29, 1.82) is 0 Å². The molecule has 0 saturated carbocycles. The van der Waals surface area contributed by atoms with E-state index in [0.717, 1.165) is 17.0 Å². The van der Waals surface area contributed by atoms with Crippen LogP contribution in [0, 0.1) is 11.6 Å². The number of phenolic OH excluding ortho intramolecular Hbond substituents is 1. The second kappa shape index (κ2) is 10.3. The van der Waals surface area contributed by atoms with E-state index in [1.54, 1.807) is 29.7 Å². The zero-order valence-corrected chi connectivity index (χ0v) is 20.8. The third-order valence-corrected chi connectivity index (χ3v) is 5.69. The Morgan fingerprint density at radius 3 is 2.32 bits per heavy atom. The molecular formula is C28H26F2N2O5. The number of hydrogen-bond donors (Lipinski definition) is 1. The number of hydrogen-bond acceptors (Lipinski definition) is 5. The van der Waals surface area contributed by atoms with Crippen molar-refractivity contribution in [2.45, 2.75) is 26.9 Å². The highest BCUT2D eigenvalue weighted by Crippen LogP contribution is 2.30. The Balaban J connectivity index is 1.97. The van der Waals surface area contributed by atoms with Crippen molar-refractivity contribution in [3.8, 4) is 22.9 Å². The second-order valence-corrected chi connectivity index (χ2v) is 8.65. The molecule has 7 nitrogen and oxygen atoms in total. The van der Waals surface area contributed by atoms with Crippen LogP contribution >= 0.6 is 0 Å². The lowest BCUT2D eigenvalue weighted by molar-refractivity contribution is 0.0987. The predicted molar refractivity (Wildman–Crippen MR) is 137 cm³/mol. The minimum Gasteiger partial charge on any atom is -0.508 e. The first-order chi connectivity index (χ1) is 17.6. The summed E-state index contributed by atoms with van der Waals surface area (Å²) in [5.41, 5.74) is 0.00684. The number of aromatic nitrogens is 1. The number of benzene rings is 3. The summed E-state index contributed by atoms with van der Waals surface area (Å²) < 4.78 is 40.7. The molecule has 0 spiro atoms. The number of carbonyl (C=O) groups is 1. The van der Waals surface area contributed by atoms with Gasteiger partial charge in [0.15, 0.2) is 0 Å². The lowest BCUT2D eigenvalue weighted by Gasteiger charge is -2.22. The van der Waals surface area contributed by atoms with E-state index >= 15 is 0 Å². The molecule has 1 heterocycles. The van der Waals surface area contributed by atoms with E-state index in [1.165, 1.54) is 31.5 Å². The van der Waals surface area contributed by atoms with Crippen LogP contribution in [0.25, 0.3) is 16.6 Å². The Bertz CT molecular complexity index is 1530. The number of amides is 1. The molecule has 0 aliphatic carbocycles. The number of aromatic hydroxyl groups is 1. The van der Waals surface area contributed by atoms with Gasteiger partial charge in [0.2, 0.25) is 5.43 Å². The molecule has 0 atom stereocenters. The van der Waals surface area contributed by atoms with E-state index < -0.39 is 23.0 Å². The van der Waals surface area contributed by atoms with Crippen molar-refractivity contribution < 1.29 is 28.2 Å². The largest absolute Gasteiger partial charge is 0.508 e. The van der Waals surface area contributed by atoms with Crippen LogP contribution in [0.5, 0.6) is 17.2 Å². The van der Waals surface area contributed by atoms with Crippen molar-refractivity contribution in [3.05, 3.63) is 88.2 Å². The number of fused-ring (bicyclic) bond motifs is 1. The minimum absolute atomic E-state index is 0.0178. The van der Waals surface area contributed by atoms with Crippen LogP contribution in [-0.4, -0.2) is 35.3 Å². The Labute approximate surface area is 212 Å². The van der Waals surface area contributed by atoms with Crippen LogP contribution in [-0.2, 0) is 0 Å². The standard InChI is InChI=1S/C28H26F2N2O5/c1-5-31(19-9-17(29)8-18(30)10-19)28(35)25-15-32(26-13-21(33)6-7-24(26)27(25)34)20-11-22(36-4)14-23(12-20)37-16(2)3/h6-16,33H,5H2,1-4H3. The summed E-state index contributed by atoms with van der Waals surface area (Å²) in [4.78, 5) is 28.2. The molecule has 0 radical (unpaired) electrons. The zero-order chi connectivity index (χ0) is 26.9. The third-order valence-electron chi connectivity index (χ3n) is 5.69. The molecule has 0 bridgehead atoms. The van der Waals surface area contributed by atoms with Gasteiger partial charge in [-0.1, -0.05) is 0 Å². The van der Waals surface area contributed by atoms with Gasteiger partial charge in [0, 0.05) is 54.1 Å². The first kappa shape index (κ1) is 25.7. The number of phenols is 1. The number of pyridine rings is 1. The highest BCUT2D eigenvalue weighted by atomic mass is 19.1. The maximum Gasteiger partial charge on any atom is 0.263 e. The van der Waals surface area contributed by atoms with Crippen molar-refractivity contribution in [1.82, 2.24) is 4.57 Å². The van der Waals surface area contributed by atoms with Crippen molar-refractivity contribution in [2.75, 3.05) is 18.6 Å². The molecule has 0 saturated heterocycles. The molecule has 1 amide bonds. The number of ether oxygens (including phenoxy) is 2. The number of halogens is 2. The lowest BCUT2D eigenvalue weighted by Crippen LogP contribution is -2.35. The van der Waals surface area contributed by atoms with E-state index in [4.69, 9.17) is 9.47 Å². The molecule has 0 aliphatic heterocycles. The first-order valence-corrected chi connectivity index (χ1v) is 11.6. The summed E-state index contributed by atoms with van der Waals surface area (Å²) in [5, 5.41) is 10.3. The van der Waals surface area contributed by atoms with Crippen molar-refractivity contribution in [2.24, 2.45) is 0 Å². The molecule has 0 aliphatic rings. The van der Waals surface area contributed by atoms with Crippen LogP contribution in [0.2, 0.25) is 0 Å². The van der Waals surface area contributed by atoms with E-state index in [9.17, 15) is 23.5 Å². The van der Waals surface area contributed by atoms with Crippen LogP contribution in [0.1, 0.15) is 31.1 Å². The highest BCUT2D eigenvalue weighted by molar-refractivity contribution is 6.07. The molecule has 1 N–H and O–H groups in total. The zero-order valence-electron chi connectivity index (χ0n) is 20.8. The van der Waals surface area contributed by atoms with Crippen LogP contribution in [0.4, 0.5) is 14.5 Å². The molecule has 4 rings (SSSR count). The van der Waals surface area contributed by atoms with E-state index in [2.05, 4.69) is 0 Å². The summed E-state index contributed by atoms with van der Waals surface area (Å²) in [5.74, 6) is -1.54. The predicted octanol–water partition coefficient (Wildman–Crippen LogP) is 5.44. The van der Waals surface area contributed by atoms with Crippen LogP contribution < -0.4 is 19.8 Å². The number of carbonyl (C=O) groups excluding carboxylic acids is 1. The van der Waals surface area contributed by atoms with Crippen LogP contribution in [0.3, 0.4) is 0 Å². The maximum absolute atomic E-state index is 13.9. The Morgan fingerprint density at radius 2 is 1.70 bits per heavy atom. The fraction of sp³-hybridized carbons (Fsp3) is 0.214. The van der Waals surface area contributed by atoms with Gasteiger partial charge >= 0.3 is 0 Å². The van der Waals surface area contributed by atoms with Gasteiger partial charge in [0.05, 0.1) is 24.4 Å². The number of methoxy groups -OCH3 is 1. The van der Waals surface area contributed by atoms with Gasteiger partial charge in [-0.15, -0.1) is 0 Å². The second-order valence-electron chi connectivity index (χ2n) is 8.65. The Morgan fingerprint density at radius 1 is 1.03 bits per heavy atom. The maximum atomic E-state index is 13.9. The highest BCUT2D eigenvalue weighted by Gasteiger charge is 2.23. The van der Waals surface area contributed by atoms with E-state index in [1.807, 2.05) is 13.8 Å². The SMILES string of the molecule is CCN(C(=O)c1cn(-c2cc(OC)cc(OC(C)C)c2)c2cc(O)ccc2c1=O)c1cc(F)cc(F)c1. The lowest BCUT2D eigenvalue weighted by atomic mass is 10.1. The summed E-state index contributed by atoms with van der Waals surface area (Å²) in [6.45, 7) is 5.44. The fourth-order valence-electron chi connectivity index (χ4n) is 4.12. The average Bonchev–Trinajstić information content (AvgIpc) is 2.83. The molecular weight excluding hydrogens is 482 g/mol. The fourth-order valence-corrected chi connectivity index (χ4v) is 4.12. The van der Waals surface area contributed by atoms with Crippen LogP contribution in [0.15, 0.2) is 65.6 Å². The number of nitrogens with zero attached hydrogens (tertiary/aromatic N) is 2. The number of rotatable bonds is 7. The van der Waals surface area contributed by atoms with Crippen molar-refractivity contribution in [3.63, 3.8) is 0 Å². The normalized spacial score (nSPS) is 11.1. The van der Waals surface area contributed by atoms with Gasteiger partial charge in [-0.25, -0.2) is 8.78 Å². The number of anilines is 1. The molecule has 0 fully saturated rings. The average molecular weight is 509 g/mol. The molecule has 192 valence electrons. The smallest absolute Gasteiger partial charge is 0.263 e. The first-order valence-electron chi connectivity index (χ1n) is 11.6. The summed E-state index contributed by atoms with van der Waals surface area (Å²) in [6, 6.07) is 12.0. The summed E-state index contributed by atoms with van der Waals surface area (Å²) in [6.07, 6.45) is 1.22. The summed E-state index contributed by atoms with van der Waals surface area (Å²) in [7, 11) is 1.50. The Hall–Kier alpha value is -4.40. The van der Waals surface area contributed by atoms with Gasteiger partial charge in [0.1, 0.15) is 34.4 Å².